The minimum Gasteiger partial charge on any atom is -0.367 e. The van der Waals surface area contributed by atoms with Gasteiger partial charge in [-0.3, -0.25) is 4.79 Å². The molecule has 0 aliphatic heterocycles. The Labute approximate surface area is 132 Å². The number of rotatable bonds is 3. The molecule has 0 amide bonds. The highest BCUT2D eigenvalue weighted by molar-refractivity contribution is 7.17. The van der Waals surface area contributed by atoms with Crippen molar-refractivity contribution in [2.24, 2.45) is 5.10 Å². The first-order valence-corrected chi connectivity index (χ1v) is 7.73. The zero-order chi connectivity index (χ0) is 15.7. The molecule has 0 saturated carbocycles. The molecular weight excluding hydrogens is 296 g/mol. The van der Waals surface area contributed by atoms with Crippen molar-refractivity contribution in [2.45, 2.75) is 6.92 Å². The summed E-state index contributed by atoms with van der Waals surface area (Å²) in [6, 6.07) is 9.87. The molecule has 1 aromatic carbocycles. The van der Waals surface area contributed by atoms with E-state index in [0.29, 0.717) is 11.2 Å². The van der Waals surface area contributed by atoms with E-state index in [9.17, 15) is 4.79 Å². The van der Waals surface area contributed by atoms with Crippen LogP contribution in [0.25, 0.3) is 21.3 Å². The SMILES string of the molecule is Cc1nc2scc(-c3ccccc3)c2c(=O)n1/N=C/N(C)C. The van der Waals surface area contributed by atoms with Crippen LogP contribution in [0.3, 0.4) is 0 Å². The van der Waals surface area contributed by atoms with E-state index >= 15 is 0 Å². The van der Waals surface area contributed by atoms with Gasteiger partial charge in [-0.25, -0.2) is 4.98 Å². The number of aryl methyl sites for hydroxylation is 1. The Balaban J connectivity index is 2.27. The van der Waals surface area contributed by atoms with E-state index in [0.717, 1.165) is 16.0 Å². The Morgan fingerprint density at radius 3 is 2.68 bits per heavy atom. The number of hydrogen-bond donors (Lipinski definition) is 0. The van der Waals surface area contributed by atoms with Gasteiger partial charge in [-0.15, -0.1) is 11.3 Å². The maximum absolute atomic E-state index is 12.8. The third-order valence-corrected chi connectivity index (χ3v) is 4.10. The second kappa shape index (κ2) is 5.73. The summed E-state index contributed by atoms with van der Waals surface area (Å²) in [5.74, 6) is 0.581. The average Bonchev–Trinajstić information content (AvgIpc) is 2.91. The lowest BCUT2D eigenvalue weighted by Crippen LogP contribution is -2.22. The molecule has 0 N–H and O–H groups in total. The first kappa shape index (κ1) is 14.5. The summed E-state index contributed by atoms with van der Waals surface area (Å²) >= 11 is 1.48. The Morgan fingerprint density at radius 2 is 2.00 bits per heavy atom. The molecular formula is C16H16N4OS. The first-order valence-electron chi connectivity index (χ1n) is 6.85. The Morgan fingerprint density at radius 1 is 1.27 bits per heavy atom. The van der Waals surface area contributed by atoms with E-state index in [-0.39, 0.29) is 5.56 Å². The molecule has 0 aliphatic rings. The van der Waals surface area contributed by atoms with Crippen molar-refractivity contribution in [3.8, 4) is 11.1 Å². The molecule has 0 saturated heterocycles. The second-order valence-corrected chi connectivity index (χ2v) is 6.02. The lowest BCUT2D eigenvalue weighted by atomic mass is 10.1. The van der Waals surface area contributed by atoms with Crippen LogP contribution >= 0.6 is 11.3 Å². The molecule has 0 spiro atoms. The number of thiophene rings is 1. The standard InChI is InChI=1S/C16H16N4OS/c1-11-18-15-14(16(21)20(11)17-10-19(2)3)13(9-22-15)12-7-5-4-6-8-12/h4-10H,1-3H3/b17-10+. The highest BCUT2D eigenvalue weighted by Crippen LogP contribution is 2.30. The molecule has 0 fully saturated rings. The van der Waals surface area contributed by atoms with Crippen molar-refractivity contribution in [3.63, 3.8) is 0 Å². The van der Waals surface area contributed by atoms with Crippen molar-refractivity contribution < 1.29 is 0 Å². The maximum atomic E-state index is 12.8. The fourth-order valence-electron chi connectivity index (χ4n) is 2.20. The molecule has 22 heavy (non-hydrogen) atoms. The van der Waals surface area contributed by atoms with E-state index < -0.39 is 0 Å². The van der Waals surface area contributed by atoms with Gasteiger partial charge in [0.15, 0.2) is 0 Å². The van der Waals surface area contributed by atoms with E-state index in [4.69, 9.17) is 0 Å². The number of nitrogens with zero attached hydrogens (tertiary/aromatic N) is 4. The first-order chi connectivity index (χ1) is 10.6. The fourth-order valence-corrected chi connectivity index (χ4v) is 3.19. The van der Waals surface area contributed by atoms with Crippen LogP contribution in [0.15, 0.2) is 45.6 Å². The Kier molecular flexibility index (Phi) is 3.77. The van der Waals surface area contributed by atoms with Crippen molar-refractivity contribution in [2.75, 3.05) is 14.1 Å². The van der Waals surface area contributed by atoms with Crippen LogP contribution in [0.5, 0.6) is 0 Å². The molecule has 0 aliphatic carbocycles. The van der Waals surface area contributed by atoms with Gasteiger partial charge in [-0.2, -0.15) is 9.78 Å². The molecule has 0 atom stereocenters. The normalized spacial score (nSPS) is 11.4. The van der Waals surface area contributed by atoms with Crippen molar-refractivity contribution in [1.82, 2.24) is 14.6 Å². The Bertz CT molecular complexity index is 894. The van der Waals surface area contributed by atoms with E-state index in [1.807, 2.05) is 49.8 Å². The van der Waals surface area contributed by atoms with Gasteiger partial charge in [-0.05, 0) is 12.5 Å². The lowest BCUT2D eigenvalue weighted by molar-refractivity contribution is 0.626. The van der Waals surface area contributed by atoms with Gasteiger partial charge in [-0.1, -0.05) is 30.3 Å². The summed E-state index contributed by atoms with van der Waals surface area (Å²) < 4.78 is 1.35. The van der Waals surface area contributed by atoms with Gasteiger partial charge in [0.25, 0.3) is 5.56 Å². The summed E-state index contributed by atoms with van der Waals surface area (Å²) in [5, 5.41) is 6.82. The van der Waals surface area contributed by atoms with Crippen molar-refractivity contribution in [1.29, 1.82) is 0 Å². The van der Waals surface area contributed by atoms with Crippen LogP contribution in [-0.2, 0) is 0 Å². The van der Waals surface area contributed by atoms with Crippen LogP contribution in [0.1, 0.15) is 5.82 Å². The summed E-state index contributed by atoms with van der Waals surface area (Å²) in [7, 11) is 3.71. The summed E-state index contributed by atoms with van der Waals surface area (Å²) in [5.41, 5.74) is 1.78. The van der Waals surface area contributed by atoms with Crippen LogP contribution in [0, 0.1) is 6.92 Å². The molecule has 3 aromatic rings. The third-order valence-electron chi connectivity index (χ3n) is 3.23. The van der Waals surface area contributed by atoms with Gasteiger partial charge in [0.05, 0.1) is 5.39 Å². The molecule has 112 valence electrons. The zero-order valence-electron chi connectivity index (χ0n) is 12.6. The molecule has 3 rings (SSSR count). The van der Waals surface area contributed by atoms with Crippen LogP contribution < -0.4 is 5.56 Å². The van der Waals surface area contributed by atoms with E-state index in [1.54, 1.807) is 18.2 Å². The quantitative estimate of drug-likeness (QED) is 0.552. The number of aromatic nitrogens is 2. The second-order valence-electron chi connectivity index (χ2n) is 5.17. The molecule has 6 heteroatoms. The van der Waals surface area contributed by atoms with Gasteiger partial charge in [0.1, 0.15) is 17.0 Å². The van der Waals surface area contributed by atoms with Gasteiger partial charge in [0.2, 0.25) is 0 Å². The largest absolute Gasteiger partial charge is 0.367 e. The minimum absolute atomic E-state index is 0.138. The van der Waals surface area contributed by atoms with Crippen molar-refractivity contribution in [3.05, 3.63) is 51.9 Å². The predicted molar refractivity (Wildman–Crippen MR) is 91.6 cm³/mol. The van der Waals surface area contributed by atoms with Gasteiger partial charge in [0, 0.05) is 25.0 Å². The van der Waals surface area contributed by atoms with E-state index in [1.165, 1.54) is 16.0 Å². The average molecular weight is 312 g/mol. The summed E-state index contributed by atoms with van der Waals surface area (Å²) in [4.78, 5) is 19.9. The van der Waals surface area contributed by atoms with Gasteiger partial charge >= 0.3 is 0 Å². The molecule has 2 aromatic heterocycles. The van der Waals surface area contributed by atoms with Gasteiger partial charge < -0.3 is 4.90 Å². The van der Waals surface area contributed by atoms with E-state index in [2.05, 4.69) is 10.1 Å². The molecule has 0 radical (unpaired) electrons. The third kappa shape index (κ3) is 2.53. The Hall–Kier alpha value is -2.47. The molecule has 0 unspecified atom stereocenters. The topological polar surface area (TPSA) is 50.5 Å². The van der Waals surface area contributed by atoms with Crippen molar-refractivity contribution >= 4 is 27.9 Å². The highest BCUT2D eigenvalue weighted by Gasteiger charge is 2.14. The summed E-state index contributed by atoms with van der Waals surface area (Å²) in [6.45, 7) is 1.79. The lowest BCUT2D eigenvalue weighted by Gasteiger charge is -2.07. The highest BCUT2D eigenvalue weighted by atomic mass is 32.1. The molecule has 2 heterocycles. The van der Waals surface area contributed by atoms with Crippen LogP contribution in [-0.4, -0.2) is 35.0 Å². The number of fused-ring (bicyclic) bond motifs is 1. The number of benzene rings is 1. The minimum atomic E-state index is -0.138. The summed E-state index contributed by atoms with van der Waals surface area (Å²) in [6.07, 6.45) is 1.59. The molecule has 5 nitrogen and oxygen atoms in total. The van der Waals surface area contributed by atoms with Crippen LogP contribution in [0.2, 0.25) is 0 Å². The number of hydrogen-bond acceptors (Lipinski definition) is 4. The fraction of sp³-hybridized carbons (Fsp3) is 0.188. The predicted octanol–water partition coefficient (Wildman–Crippen LogP) is 2.79. The molecule has 0 bridgehead atoms. The monoisotopic (exact) mass is 312 g/mol. The smallest absolute Gasteiger partial charge is 0.283 e. The maximum Gasteiger partial charge on any atom is 0.283 e. The zero-order valence-corrected chi connectivity index (χ0v) is 13.5. The van der Waals surface area contributed by atoms with Crippen LogP contribution in [0.4, 0.5) is 0 Å².